The Morgan fingerprint density at radius 1 is 0.625 bits per heavy atom. The van der Waals surface area contributed by atoms with Crippen molar-refractivity contribution in [1.82, 2.24) is 0 Å². The van der Waals surface area contributed by atoms with Gasteiger partial charge in [-0.2, -0.15) is 0 Å². The minimum Gasteiger partial charge on any atom is -0.427 e. The highest BCUT2D eigenvalue weighted by Gasteiger charge is 2.13. The molecule has 0 unspecified atom stereocenters. The molecule has 0 spiro atoms. The van der Waals surface area contributed by atoms with Crippen LogP contribution in [0.15, 0.2) is 96.4 Å². The van der Waals surface area contributed by atoms with Crippen molar-refractivity contribution in [2.24, 2.45) is 5.73 Å². The number of hydrogen-bond donors (Lipinski definition) is 2. The SMILES string of the molecule is NC1=CC=C(OC(=O)c2ccc(-c3ccc(C(=O)Oc4ccc(N)cc4)cc3)cc2)CC1. The van der Waals surface area contributed by atoms with Gasteiger partial charge in [0.05, 0.1) is 11.1 Å². The molecule has 1 aliphatic carbocycles. The summed E-state index contributed by atoms with van der Waals surface area (Å²) in [6.07, 6.45) is 4.77. The normalized spacial score (nSPS) is 13.0. The van der Waals surface area contributed by atoms with Crippen molar-refractivity contribution in [2.75, 3.05) is 5.73 Å². The molecule has 6 nitrogen and oxygen atoms in total. The van der Waals surface area contributed by atoms with Gasteiger partial charge in [-0.1, -0.05) is 24.3 Å². The van der Waals surface area contributed by atoms with Crippen LogP contribution in [0.2, 0.25) is 0 Å². The first-order chi connectivity index (χ1) is 15.5. The average Bonchev–Trinajstić information content (AvgIpc) is 2.82. The Bertz CT molecular complexity index is 1190. The largest absolute Gasteiger partial charge is 0.427 e. The van der Waals surface area contributed by atoms with Crippen LogP contribution >= 0.6 is 0 Å². The zero-order chi connectivity index (χ0) is 22.5. The number of esters is 2. The first-order valence-electron chi connectivity index (χ1n) is 10.1. The van der Waals surface area contributed by atoms with E-state index < -0.39 is 11.9 Å². The van der Waals surface area contributed by atoms with E-state index in [0.29, 0.717) is 41.2 Å². The molecule has 3 aromatic rings. The van der Waals surface area contributed by atoms with Gasteiger partial charge >= 0.3 is 11.9 Å². The predicted octanol–water partition coefficient (Wildman–Crippen LogP) is 4.83. The van der Waals surface area contributed by atoms with Gasteiger partial charge in [0.15, 0.2) is 0 Å². The fourth-order valence-electron chi connectivity index (χ4n) is 3.20. The molecular formula is C26H22N2O4. The topological polar surface area (TPSA) is 105 Å². The van der Waals surface area contributed by atoms with Crippen LogP contribution in [0.25, 0.3) is 11.1 Å². The van der Waals surface area contributed by atoms with Gasteiger partial charge in [-0.3, -0.25) is 0 Å². The summed E-state index contributed by atoms with van der Waals surface area (Å²) in [7, 11) is 0. The Morgan fingerprint density at radius 3 is 1.66 bits per heavy atom. The molecule has 0 amide bonds. The third-order valence-corrected chi connectivity index (χ3v) is 5.03. The Kier molecular flexibility index (Phi) is 6.03. The predicted molar refractivity (Wildman–Crippen MR) is 123 cm³/mol. The minimum absolute atomic E-state index is 0.405. The summed E-state index contributed by atoms with van der Waals surface area (Å²) < 4.78 is 10.8. The van der Waals surface area contributed by atoms with E-state index in [4.69, 9.17) is 20.9 Å². The van der Waals surface area contributed by atoms with Crippen LogP contribution in [0.1, 0.15) is 33.6 Å². The van der Waals surface area contributed by atoms with Gasteiger partial charge in [0.25, 0.3) is 0 Å². The van der Waals surface area contributed by atoms with Crippen LogP contribution in [0.3, 0.4) is 0 Å². The summed E-state index contributed by atoms with van der Waals surface area (Å²) in [4.78, 5) is 24.7. The summed E-state index contributed by atoms with van der Waals surface area (Å²) in [5.74, 6) is 0.180. The van der Waals surface area contributed by atoms with Crippen LogP contribution in [-0.2, 0) is 4.74 Å². The van der Waals surface area contributed by atoms with Crippen molar-refractivity contribution in [2.45, 2.75) is 12.8 Å². The van der Waals surface area contributed by atoms with Gasteiger partial charge in [0.2, 0.25) is 0 Å². The minimum atomic E-state index is -0.451. The van der Waals surface area contributed by atoms with Gasteiger partial charge in [-0.25, -0.2) is 9.59 Å². The number of carbonyl (C=O) groups excluding carboxylic acids is 2. The monoisotopic (exact) mass is 426 g/mol. The molecule has 4 N–H and O–H groups in total. The molecule has 0 bridgehead atoms. The van der Waals surface area contributed by atoms with Crippen LogP contribution in [0, 0.1) is 0 Å². The third kappa shape index (κ3) is 5.05. The maximum atomic E-state index is 12.4. The zero-order valence-corrected chi connectivity index (χ0v) is 17.3. The number of allylic oxidation sites excluding steroid dienone is 4. The van der Waals surface area contributed by atoms with E-state index in [-0.39, 0.29) is 0 Å². The first-order valence-corrected chi connectivity index (χ1v) is 10.1. The van der Waals surface area contributed by atoms with Crippen LogP contribution in [0.4, 0.5) is 5.69 Å². The molecule has 0 aliphatic heterocycles. The lowest BCUT2D eigenvalue weighted by molar-refractivity contribution is 0.0612. The first kappa shape index (κ1) is 20.9. The second-order valence-corrected chi connectivity index (χ2v) is 7.38. The van der Waals surface area contributed by atoms with Crippen LogP contribution in [0.5, 0.6) is 5.75 Å². The molecule has 0 saturated heterocycles. The quantitative estimate of drug-likeness (QED) is 0.344. The molecule has 0 aromatic heterocycles. The summed E-state index contributed by atoms with van der Waals surface area (Å²) in [5.41, 5.74) is 15.4. The average molecular weight is 426 g/mol. The summed E-state index contributed by atoms with van der Waals surface area (Å²) in [5, 5.41) is 0. The lowest BCUT2D eigenvalue weighted by atomic mass is 10.0. The van der Waals surface area contributed by atoms with E-state index in [2.05, 4.69) is 0 Å². The Morgan fingerprint density at radius 2 is 1.16 bits per heavy atom. The number of ether oxygens (including phenoxy) is 2. The van der Waals surface area contributed by atoms with Crippen molar-refractivity contribution >= 4 is 17.6 Å². The van der Waals surface area contributed by atoms with Gasteiger partial charge < -0.3 is 20.9 Å². The van der Waals surface area contributed by atoms with Gasteiger partial charge in [-0.15, -0.1) is 0 Å². The summed E-state index contributed by atoms with van der Waals surface area (Å²) in [6.45, 7) is 0. The molecule has 0 radical (unpaired) electrons. The molecule has 0 heterocycles. The van der Waals surface area contributed by atoms with Crippen LogP contribution in [-0.4, -0.2) is 11.9 Å². The molecule has 160 valence electrons. The van der Waals surface area contributed by atoms with E-state index >= 15 is 0 Å². The van der Waals surface area contributed by atoms with Crippen molar-refractivity contribution in [3.8, 4) is 16.9 Å². The number of rotatable bonds is 5. The highest BCUT2D eigenvalue weighted by Crippen LogP contribution is 2.23. The Balaban J connectivity index is 1.40. The molecule has 3 aromatic carbocycles. The number of carbonyl (C=O) groups is 2. The van der Waals surface area contributed by atoms with Crippen molar-refractivity contribution < 1.29 is 19.1 Å². The number of nitrogens with two attached hydrogens (primary N) is 2. The molecule has 0 fully saturated rings. The highest BCUT2D eigenvalue weighted by molar-refractivity contribution is 5.92. The van der Waals surface area contributed by atoms with E-state index in [9.17, 15) is 9.59 Å². The van der Waals surface area contributed by atoms with E-state index in [1.165, 1.54) is 0 Å². The third-order valence-electron chi connectivity index (χ3n) is 5.03. The standard InChI is InChI=1S/C26H22N2O4/c27-21-9-13-23(14-10-21)31-25(29)19-5-1-17(2-6-19)18-3-7-20(8-4-18)26(30)32-24-15-11-22(28)12-16-24/h1-11,13-15H,12,16,27-28H2. The number of benzene rings is 3. The van der Waals surface area contributed by atoms with Crippen LogP contribution < -0.4 is 16.2 Å². The number of hydrogen-bond acceptors (Lipinski definition) is 6. The lowest BCUT2D eigenvalue weighted by Crippen LogP contribution is -2.09. The molecule has 0 atom stereocenters. The van der Waals surface area contributed by atoms with Gasteiger partial charge in [0.1, 0.15) is 11.5 Å². The molecule has 32 heavy (non-hydrogen) atoms. The summed E-state index contributed by atoms with van der Waals surface area (Å²) in [6, 6.07) is 20.8. The maximum absolute atomic E-state index is 12.4. The summed E-state index contributed by atoms with van der Waals surface area (Å²) >= 11 is 0. The van der Waals surface area contributed by atoms with E-state index in [0.717, 1.165) is 16.8 Å². The van der Waals surface area contributed by atoms with Crippen molar-refractivity contribution in [3.05, 3.63) is 108 Å². The Labute approximate surface area is 185 Å². The van der Waals surface area contributed by atoms with Crippen molar-refractivity contribution in [1.29, 1.82) is 0 Å². The lowest BCUT2D eigenvalue weighted by Gasteiger charge is -2.12. The van der Waals surface area contributed by atoms with E-state index in [1.54, 1.807) is 60.7 Å². The van der Waals surface area contributed by atoms with Gasteiger partial charge in [0, 0.05) is 17.8 Å². The molecule has 0 saturated carbocycles. The molecule has 6 heteroatoms. The molecule has 4 rings (SSSR count). The fraction of sp³-hybridized carbons (Fsp3) is 0.0769. The Hall–Kier alpha value is -4.32. The smallest absolute Gasteiger partial charge is 0.343 e. The fourth-order valence-corrected chi connectivity index (χ4v) is 3.20. The second-order valence-electron chi connectivity index (χ2n) is 7.38. The van der Waals surface area contributed by atoms with Gasteiger partial charge in [-0.05, 0) is 78.2 Å². The zero-order valence-electron chi connectivity index (χ0n) is 17.3. The highest BCUT2D eigenvalue weighted by atomic mass is 16.5. The van der Waals surface area contributed by atoms with Crippen molar-refractivity contribution in [3.63, 3.8) is 0 Å². The number of nitrogen functional groups attached to an aromatic ring is 1. The number of anilines is 1. The molecular weight excluding hydrogens is 404 g/mol. The maximum Gasteiger partial charge on any atom is 0.343 e. The van der Waals surface area contributed by atoms with E-state index in [1.807, 2.05) is 24.3 Å². The second kappa shape index (κ2) is 9.22. The molecule has 1 aliphatic rings.